The fourth-order valence-corrected chi connectivity index (χ4v) is 1.96. The second-order valence-corrected chi connectivity index (χ2v) is 3.98. The number of rotatable bonds is 1. The molecule has 2 fully saturated rings. The average molecular weight is 140 g/mol. The van der Waals surface area contributed by atoms with Crippen LogP contribution in [-0.2, 0) is 0 Å². The van der Waals surface area contributed by atoms with Crippen LogP contribution in [0, 0.1) is 5.92 Å². The first kappa shape index (κ1) is 6.62. The maximum Gasteiger partial charge on any atom is 0.0197 e. The predicted octanol–water partition coefficient (Wildman–Crippen LogP) is 0.429. The molecule has 0 aromatic carbocycles. The lowest BCUT2D eigenvalue weighted by atomic mass is 9.98. The first-order valence-electron chi connectivity index (χ1n) is 4.18. The Morgan fingerprint density at radius 3 is 2.60 bits per heavy atom. The van der Waals surface area contributed by atoms with Crippen molar-refractivity contribution in [2.45, 2.75) is 24.8 Å². The van der Waals surface area contributed by atoms with Crippen LogP contribution < -0.4 is 5.73 Å². The highest BCUT2D eigenvalue weighted by atomic mass is 15.1. The van der Waals surface area contributed by atoms with Crippen molar-refractivity contribution < 1.29 is 0 Å². The van der Waals surface area contributed by atoms with Crippen molar-refractivity contribution in [3.05, 3.63) is 0 Å². The fraction of sp³-hybridized carbons (Fsp3) is 1.00. The fourth-order valence-electron chi connectivity index (χ4n) is 1.96. The van der Waals surface area contributed by atoms with Gasteiger partial charge in [0.25, 0.3) is 0 Å². The van der Waals surface area contributed by atoms with Gasteiger partial charge in [-0.05, 0) is 38.8 Å². The second-order valence-electron chi connectivity index (χ2n) is 3.98. The van der Waals surface area contributed by atoms with Crippen LogP contribution in [0.25, 0.3) is 0 Å². The normalized spacial score (nSPS) is 38.4. The van der Waals surface area contributed by atoms with Crippen molar-refractivity contribution in [1.82, 2.24) is 4.90 Å². The van der Waals surface area contributed by atoms with Crippen molar-refractivity contribution in [2.24, 2.45) is 11.7 Å². The molecule has 2 nitrogen and oxygen atoms in total. The van der Waals surface area contributed by atoms with E-state index < -0.39 is 0 Å². The van der Waals surface area contributed by atoms with E-state index in [1.807, 2.05) is 0 Å². The Morgan fingerprint density at radius 2 is 2.20 bits per heavy atom. The van der Waals surface area contributed by atoms with E-state index in [0.717, 1.165) is 5.92 Å². The molecule has 1 saturated heterocycles. The quantitative estimate of drug-likeness (QED) is 0.572. The van der Waals surface area contributed by atoms with Gasteiger partial charge in [-0.1, -0.05) is 0 Å². The molecule has 2 aliphatic rings. The molecule has 1 heterocycles. The molecular formula is C8H16N2. The summed E-state index contributed by atoms with van der Waals surface area (Å²) in [6, 6.07) is 0. The van der Waals surface area contributed by atoms with Gasteiger partial charge < -0.3 is 10.6 Å². The molecule has 0 aromatic heterocycles. The molecule has 0 radical (unpaired) electrons. The summed E-state index contributed by atoms with van der Waals surface area (Å²) in [5.74, 6) is 0.803. The summed E-state index contributed by atoms with van der Waals surface area (Å²) in [6.45, 7) is 2.49. The third-order valence-electron chi connectivity index (χ3n) is 3.03. The van der Waals surface area contributed by atoms with Gasteiger partial charge in [-0.2, -0.15) is 0 Å². The smallest absolute Gasteiger partial charge is 0.0197 e. The maximum atomic E-state index is 6.09. The zero-order valence-corrected chi connectivity index (χ0v) is 6.64. The summed E-state index contributed by atoms with van der Waals surface area (Å²) < 4.78 is 0. The Bertz CT molecular complexity index is 140. The summed E-state index contributed by atoms with van der Waals surface area (Å²) >= 11 is 0. The topological polar surface area (TPSA) is 29.3 Å². The van der Waals surface area contributed by atoms with Crippen LogP contribution in [0.5, 0.6) is 0 Å². The van der Waals surface area contributed by atoms with Crippen LogP contribution in [-0.4, -0.2) is 30.6 Å². The number of hydrogen-bond donors (Lipinski definition) is 1. The minimum atomic E-state index is 0.269. The largest absolute Gasteiger partial charge is 0.325 e. The van der Waals surface area contributed by atoms with Crippen LogP contribution in [0.1, 0.15) is 19.3 Å². The third kappa shape index (κ3) is 0.956. The number of nitrogens with zero attached hydrogens (tertiary/aromatic N) is 1. The molecule has 1 aliphatic carbocycles. The van der Waals surface area contributed by atoms with Crippen LogP contribution in [0.2, 0.25) is 0 Å². The molecule has 0 bridgehead atoms. The van der Waals surface area contributed by atoms with Gasteiger partial charge in [0, 0.05) is 12.1 Å². The predicted molar refractivity (Wildman–Crippen MR) is 41.8 cm³/mol. The van der Waals surface area contributed by atoms with Crippen molar-refractivity contribution in [3.63, 3.8) is 0 Å². The minimum absolute atomic E-state index is 0.269. The maximum absolute atomic E-state index is 6.09. The van der Waals surface area contributed by atoms with Gasteiger partial charge in [0.1, 0.15) is 0 Å². The van der Waals surface area contributed by atoms with Crippen LogP contribution in [0.15, 0.2) is 0 Å². The Morgan fingerprint density at radius 1 is 1.50 bits per heavy atom. The minimum Gasteiger partial charge on any atom is -0.325 e. The summed E-state index contributed by atoms with van der Waals surface area (Å²) in [6.07, 6.45) is 3.87. The summed E-state index contributed by atoms with van der Waals surface area (Å²) in [4.78, 5) is 2.39. The van der Waals surface area contributed by atoms with Crippen molar-refractivity contribution in [1.29, 1.82) is 0 Å². The Balaban J connectivity index is 1.95. The third-order valence-corrected chi connectivity index (χ3v) is 3.03. The molecule has 1 aliphatic heterocycles. The van der Waals surface area contributed by atoms with Gasteiger partial charge >= 0.3 is 0 Å². The van der Waals surface area contributed by atoms with E-state index in [2.05, 4.69) is 11.9 Å². The lowest BCUT2D eigenvalue weighted by molar-refractivity contribution is 0.361. The molecular weight excluding hydrogens is 124 g/mol. The molecule has 10 heavy (non-hydrogen) atoms. The van der Waals surface area contributed by atoms with E-state index in [1.54, 1.807) is 0 Å². The highest BCUT2D eigenvalue weighted by molar-refractivity contribution is 5.06. The van der Waals surface area contributed by atoms with Gasteiger partial charge in [0.15, 0.2) is 0 Å². The first-order valence-corrected chi connectivity index (χ1v) is 4.18. The van der Waals surface area contributed by atoms with E-state index >= 15 is 0 Å². The second kappa shape index (κ2) is 1.95. The standard InChI is InChI=1S/C8H16N2/c1-10-5-2-7(6-10)8(9)3-4-8/h7H,2-6,9H2,1H3. The van der Waals surface area contributed by atoms with E-state index in [9.17, 15) is 0 Å². The first-order chi connectivity index (χ1) is 4.71. The highest BCUT2D eigenvalue weighted by Crippen LogP contribution is 2.43. The summed E-state index contributed by atoms with van der Waals surface area (Å²) in [5, 5.41) is 0. The molecule has 0 spiro atoms. The van der Waals surface area contributed by atoms with E-state index in [1.165, 1.54) is 32.4 Å². The van der Waals surface area contributed by atoms with Crippen LogP contribution in [0.3, 0.4) is 0 Å². The SMILES string of the molecule is CN1CCC(C2(N)CC2)C1. The number of likely N-dealkylation sites (tertiary alicyclic amines) is 1. The van der Waals surface area contributed by atoms with Gasteiger partial charge in [0.2, 0.25) is 0 Å². The van der Waals surface area contributed by atoms with Gasteiger partial charge in [-0.3, -0.25) is 0 Å². The van der Waals surface area contributed by atoms with Crippen molar-refractivity contribution in [2.75, 3.05) is 20.1 Å². The zero-order chi connectivity index (χ0) is 7.19. The zero-order valence-electron chi connectivity index (χ0n) is 6.64. The molecule has 0 amide bonds. The van der Waals surface area contributed by atoms with Crippen molar-refractivity contribution >= 4 is 0 Å². The van der Waals surface area contributed by atoms with Crippen LogP contribution >= 0.6 is 0 Å². The molecule has 1 unspecified atom stereocenters. The monoisotopic (exact) mass is 140 g/mol. The highest BCUT2D eigenvalue weighted by Gasteiger charge is 2.47. The van der Waals surface area contributed by atoms with E-state index in [4.69, 9.17) is 5.73 Å². The molecule has 0 aromatic rings. The molecule has 1 atom stereocenters. The van der Waals surface area contributed by atoms with Crippen molar-refractivity contribution in [3.8, 4) is 0 Å². The molecule has 1 saturated carbocycles. The Kier molecular flexibility index (Phi) is 1.29. The van der Waals surface area contributed by atoms with Gasteiger partial charge in [-0.25, -0.2) is 0 Å². The summed E-state index contributed by atoms with van der Waals surface area (Å²) in [7, 11) is 2.19. The Labute approximate surface area is 62.4 Å². The molecule has 2 heteroatoms. The van der Waals surface area contributed by atoms with Gasteiger partial charge in [0.05, 0.1) is 0 Å². The van der Waals surface area contributed by atoms with Gasteiger partial charge in [-0.15, -0.1) is 0 Å². The summed E-state index contributed by atoms with van der Waals surface area (Å²) in [5.41, 5.74) is 6.36. The average Bonchev–Trinajstić information content (AvgIpc) is 2.45. The number of nitrogens with two attached hydrogens (primary N) is 1. The lowest BCUT2D eigenvalue weighted by Crippen LogP contribution is -2.33. The van der Waals surface area contributed by atoms with Crippen LogP contribution in [0.4, 0.5) is 0 Å². The lowest BCUT2D eigenvalue weighted by Gasteiger charge is -2.16. The molecule has 2 N–H and O–H groups in total. The number of hydrogen-bond acceptors (Lipinski definition) is 2. The molecule has 58 valence electrons. The Hall–Kier alpha value is -0.0800. The molecule has 2 rings (SSSR count). The van der Waals surface area contributed by atoms with E-state index in [0.29, 0.717) is 0 Å². The van der Waals surface area contributed by atoms with E-state index in [-0.39, 0.29) is 5.54 Å².